The first-order valence-corrected chi connectivity index (χ1v) is 4.03. The van der Waals surface area contributed by atoms with Gasteiger partial charge in [-0.3, -0.25) is 0 Å². The molecular weight excluding hydrogens is 181 g/mol. The van der Waals surface area contributed by atoms with Crippen LogP contribution in [0.3, 0.4) is 0 Å². The Morgan fingerprint density at radius 1 is 1.46 bits per heavy atom. The molecule has 5 heteroatoms. The summed E-state index contributed by atoms with van der Waals surface area (Å²) in [5.74, 6) is -1.52. The minimum atomic E-state index is -4.26. The Balaban J connectivity index is 2.84. The molecule has 2 nitrogen and oxygen atoms in total. The zero-order valence-electron chi connectivity index (χ0n) is 7.31. The van der Waals surface area contributed by atoms with Crippen LogP contribution in [0.2, 0.25) is 0 Å². The maximum Gasteiger partial charge on any atom is 0.393 e. The normalized spacial score (nSPS) is 40.8. The van der Waals surface area contributed by atoms with Crippen molar-refractivity contribution in [2.24, 2.45) is 17.4 Å². The molecule has 3 atom stereocenters. The second kappa shape index (κ2) is 2.99. The van der Waals surface area contributed by atoms with Crippen LogP contribution < -0.4 is 11.5 Å². The molecule has 0 aromatic heterocycles. The summed E-state index contributed by atoms with van der Waals surface area (Å²) in [5, 5.41) is 0. The van der Waals surface area contributed by atoms with Crippen LogP contribution in [0.4, 0.5) is 13.2 Å². The molecule has 1 rings (SSSR count). The van der Waals surface area contributed by atoms with Gasteiger partial charge in [0.1, 0.15) is 0 Å². The molecule has 1 aliphatic carbocycles. The zero-order valence-corrected chi connectivity index (χ0v) is 7.31. The van der Waals surface area contributed by atoms with Gasteiger partial charge in [-0.2, -0.15) is 13.2 Å². The van der Waals surface area contributed by atoms with Crippen molar-refractivity contribution < 1.29 is 13.2 Å². The third-order valence-electron chi connectivity index (χ3n) is 2.24. The fourth-order valence-corrected chi connectivity index (χ4v) is 1.48. The number of alkyl halides is 3. The molecule has 0 amide bonds. The first-order chi connectivity index (χ1) is 5.72. The van der Waals surface area contributed by atoms with Gasteiger partial charge in [0.2, 0.25) is 0 Å². The highest BCUT2D eigenvalue weighted by Crippen LogP contribution is 2.36. The van der Waals surface area contributed by atoms with Crippen molar-refractivity contribution in [3.8, 4) is 0 Å². The van der Waals surface area contributed by atoms with E-state index in [0.29, 0.717) is 0 Å². The summed E-state index contributed by atoms with van der Waals surface area (Å²) in [5.41, 5.74) is 10.0. The van der Waals surface area contributed by atoms with Gasteiger partial charge < -0.3 is 11.5 Å². The highest BCUT2D eigenvalue weighted by Gasteiger charge is 2.46. The van der Waals surface area contributed by atoms with Crippen LogP contribution in [-0.2, 0) is 0 Å². The molecule has 4 N–H and O–H groups in total. The molecule has 3 unspecified atom stereocenters. The van der Waals surface area contributed by atoms with Gasteiger partial charge in [0.15, 0.2) is 0 Å². The summed E-state index contributed by atoms with van der Waals surface area (Å²) < 4.78 is 37.1. The van der Waals surface area contributed by atoms with Crippen LogP contribution in [0.25, 0.3) is 0 Å². The predicted octanol–water partition coefficient (Wildman–Crippen LogP) is 1.17. The standard InChI is InChI=1S/C8H13F3N2/c1-7(13)3-2-6(12)5(4-7)8(9,10)11/h2-3,5-6H,4,12-13H2,1H3. The van der Waals surface area contributed by atoms with E-state index in [0.717, 1.165) is 0 Å². The van der Waals surface area contributed by atoms with E-state index in [1.165, 1.54) is 6.08 Å². The average molecular weight is 194 g/mol. The molecule has 0 aromatic carbocycles. The van der Waals surface area contributed by atoms with Crippen LogP contribution in [0, 0.1) is 5.92 Å². The van der Waals surface area contributed by atoms with Crippen molar-refractivity contribution >= 4 is 0 Å². The van der Waals surface area contributed by atoms with Crippen LogP contribution in [0.1, 0.15) is 13.3 Å². The third-order valence-corrected chi connectivity index (χ3v) is 2.24. The number of hydrogen-bond acceptors (Lipinski definition) is 2. The number of nitrogens with two attached hydrogens (primary N) is 2. The molecule has 1 aliphatic rings. The molecule has 0 aliphatic heterocycles. The Hall–Kier alpha value is -0.550. The molecule has 0 heterocycles. The van der Waals surface area contributed by atoms with Gasteiger partial charge in [0, 0.05) is 11.6 Å². The van der Waals surface area contributed by atoms with Crippen LogP contribution in [0.5, 0.6) is 0 Å². The third kappa shape index (κ3) is 2.45. The average Bonchev–Trinajstić information content (AvgIpc) is 1.92. The topological polar surface area (TPSA) is 52.0 Å². The quantitative estimate of drug-likeness (QED) is 0.569. The molecule has 0 aromatic rings. The molecule has 0 spiro atoms. The summed E-state index contributed by atoms with van der Waals surface area (Å²) in [6, 6.07) is -0.961. The van der Waals surface area contributed by atoms with Gasteiger partial charge >= 0.3 is 6.18 Å². The summed E-state index contributed by atoms with van der Waals surface area (Å²) in [4.78, 5) is 0. The Morgan fingerprint density at radius 2 is 2.00 bits per heavy atom. The minimum absolute atomic E-state index is 0.145. The van der Waals surface area contributed by atoms with Crippen molar-refractivity contribution in [3.63, 3.8) is 0 Å². The summed E-state index contributed by atoms with van der Waals surface area (Å²) >= 11 is 0. The van der Waals surface area contributed by atoms with Crippen molar-refractivity contribution in [3.05, 3.63) is 12.2 Å². The fourth-order valence-electron chi connectivity index (χ4n) is 1.48. The lowest BCUT2D eigenvalue weighted by Gasteiger charge is -2.35. The van der Waals surface area contributed by atoms with Crippen molar-refractivity contribution in [2.45, 2.75) is 31.1 Å². The summed E-state index contributed by atoms with van der Waals surface area (Å²) in [6.07, 6.45) is -1.53. The molecule has 76 valence electrons. The second-order valence-electron chi connectivity index (χ2n) is 3.79. The molecule has 0 fully saturated rings. The van der Waals surface area contributed by atoms with Crippen LogP contribution >= 0.6 is 0 Å². The molecule has 0 radical (unpaired) electrons. The van der Waals surface area contributed by atoms with E-state index in [2.05, 4.69) is 0 Å². The zero-order chi connectivity index (χ0) is 10.3. The van der Waals surface area contributed by atoms with Gasteiger partial charge in [-0.15, -0.1) is 0 Å². The monoisotopic (exact) mass is 194 g/mol. The lowest BCUT2D eigenvalue weighted by molar-refractivity contribution is -0.182. The van der Waals surface area contributed by atoms with Crippen molar-refractivity contribution in [1.29, 1.82) is 0 Å². The Bertz CT molecular complexity index is 220. The van der Waals surface area contributed by atoms with Gasteiger partial charge in [0.05, 0.1) is 5.92 Å². The molecule has 0 bridgehead atoms. The fraction of sp³-hybridized carbons (Fsp3) is 0.750. The lowest BCUT2D eigenvalue weighted by Crippen LogP contribution is -2.49. The maximum absolute atomic E-state index is 12.4. The van der Waals surface area contributed by atoms with Crippen molar-refractivity contribution in [1.82, 2.24) is 0 Å². The summed E-state index contributed by atoms with van der Waals surface area (Å²) in [7, 11) is 0. The predicted molar refractivity (Wildman–Crippen MR) is 43.9 cm³/mol. The van der Waals surface area contributed by atoms with E-state index < -0.39 is 23.7 Å². The number of hydrogen-bond donors (Lipinski definition) is 2. The van der Waals surface area contributed by atoms with E-state index in [4.69, 9.17) is 11.5 Å². The van der Waals surface area contributed by atoms with E-state index in [-0.39, 0.29) is 6.42 Å². The van der Waals surface area contributed by atoms with Gasteiger partial charge in [-0.05, 0) is 13.3 Å². The maximum atomic E-state index is 12.4. The number of halogens is 3. The van der Waals surface area contributed by atoms with E-state index in [9.17, 15) is 13.2 Å². The lowest BCUT2D eigenvalue weighted by atomic mass is 9.80. The molecule has 0 saturated carbocycles. The van der Waals surface area contributed by atoms with Crippen molar-refractivity contribution in [2.75, 3.05) is 0 Å². The highest BCUT2D eigenvalue weighted by molar-refractivity contribution is 5.14. The SMILES string of the molecule is CC1(N)C=CC(N)C(C(F)(F)F)C1. The molecule has 0 saturated heterocycles. The minimum Gasteiger partial charge on any atom is -0.324 e. The first kappa shape index (κ1) is 10.5. The second-order valence-corrected chi connectivity index (χ2v) is 3.79. The van der Waals surface area contributed by atoms with Crippen LogP contribution in [-0.4, -0.2) is 17.8 Å². The van der Waals surface area contributed by atoms with Gasteiger partial charge in [-0.25, -0.2) is 0 Å². The van der Waals surface area contributed by atoms with Crippen LogP contribution in [0.15, 0.2) is 12.2 Å². The molecule has 13 heavy (non-hydrogen) atoms. The molecular formula is C8H13F3N2. The first-order valence-electron chi connectivity index (χ1n) is 4.03. The van der Waals surface area contributed by atoms with E-state index in [1.807, 2.05) is 0 Å². The summed E-state index contributed by atoms with van der Waals surface area (Å²) in [6.45, 7) is 1.56. The van der Waals surface area contributed by atoms with E-state index in [1.54, 1.807) is 13.0 Å². The largest absolute Gasteiger partial charge is 0.393 e. The smallest absolute Gasteiger partial charge is 0.324 e. The van der Waals surface area contributed by atoms with E-state index >= 15 is 0 Å². The highest BCUT2D eigenvalue weighted by atomic mass is 19.4. The Morgan fingerprint density at radius 3 is 2.38 bits per heavy atom. The Labute approximate surface area is 74.8 Å². The van der Waals surface area contributed by atoms with Gasteiger partial charge in [-0.1, -0.05) is 12.2 Å². The Kier molecular flexibility index (Phi) is 2.42. The number of rotatable bonds is 0. The van der Waals surface area contributed by atoms with Gasteiger partial charge in [0.25, 0.3) is 0 Å².